The lowest BCUT2D eigenvalue weighted by atomic mass is 10.1. The van der Waals surface area contributed by atoms with Crippen LogP contribution in [0.5, 0.6) is 0 Å². The molecule has 29 heavy (non-hydrogen) atoms. The van der Waals surface area contributed by atoms with Crippen LogP contribution in [0.4, 0.5) is 10.1 Å². The normalized spacial score (nSPS) is 10.8. The number of hydrogen-bond acceptors (Lipinski definition) is 3. The van der Waals surface area contributed by atoms with E-state index in [0.717, 1.165) is 22.4 Å². The Morgan fingerprint density at radius 1 is 1.07 bits per heavy atom. The highest BCUT2D eigenvalue weighted by molar-refractivity contribution is 5.92. The molecule has 0 fully saturated rings. The molecular formula is C23H24FN3O2. The summed E-state index contributed by atoms with van der Waals surface area (Å²) >= 11 is 0. The molecule has 0 unspecified atom stereocenters. The average molecular weight is 393 g/mol. The molecule has 5 nitrogen and oxygen atoms in total. The molecule has 1 aromatic heterocycles. The number of aryl methyl sites for hydroxylation is 4. The zero-order chi connectivity index (χ0) is 21.1. The first kappa shape index (κ1) is 20.5. The molecule has 0 saturated heterocycles. The number of anilines is 1. The van der Waals surface area contributed by atoms with Gasteiger partial charge < -0.3 is 5.32 Å². The predicted molar refractivity (Wildman–Crippen MR) is 113 cm³/mol. The molecule has 0 aliphatic heterocycles. The van der Waals surface area contributed by atoms with E-state index in [9.17, 15) is 14.0 Å². The third-order valence-corrected chi connectivity index (χ3v) is 4.77. The van der Waals surface area contributed by atoms with Crippen molar-refractivity contribution < 1.29 is 9.18 Å². The molecule has 1 heterocycles. The summed E-state index contributed by atoms with van der Waals surface area (Å²) in [5.74, 6) is -0.351. The van der Waals surface area contributed by atoms with Crippen LogP contribution in [0.2, 0.25) is 0 Å². The van der Waals surface area contributed by atoms with Crippen molar-refractivity contribution in [2.75, 3.05) is 5.32 Å². The van der Waals surface area contributed by atoms with Crippen molar-refractivity contribution in [1.82, 2.24) is 9.55 Å². The largest absolute Gasteiger partial charge is 0.324 e. The van der Waals surface area contributed by atoms with E-state index in [1.54, 1.807) is 12.1 Å². The second kappa shape index (κ2) is 8.39. The van der Waals surface area contributed by atoms with E-state index in [1.807, 2.05) is 39.8 Å². The molecule has 2 aromatic carbocycles. The quantitative estimate of drug-likeness (QED) is 0.707. The van der Waals surface area contributed by atoms with Crippen molar-refractivity contribution in [1.29, 1.82) is 0 Å². The number of benzene rings is 2. The minimum absolute atomic E-state index is 0.185. The Labute approximate surface area is 169 Å². The highest BCUT2D eigenvalue weighted by atomic mass is 19.1. The van der Waals surface area contributed by atoms with Crippen LogP contribution in [0.3, 0.4) is 0 Å². The number of aromatic nitrogens is 2. The first-order chi connectivity index (χ1) is 13.8. The number of carbonyl (C=O) groups excluding carboxylic acids is 1. The Bertz CT molecular complexity index is 1090. The van der Waals surface area contributed by atoms with Crippen LogP contribution in [-0.2, 0) is 17.8 Å². The highest BCUT2D eigenvalue weighted by Gasteiger charge is 2.15. The minimum atomic E-state index is -0.377. The van der Waals surface area contributed by atoms with Gasteiger partial charge in [0.2, 0.25) is 5.91 Å². The van der Waals surface area contributed by atoms with Crippen molar-refractivity contribution in [3.63, 3.8) is 0 Å². The van der Waals surface area contributed by atoms with Crippen molar-refractivity contribution in [3.05, 3.63) is 81.0 Å². The van der Waals surface area contributed by atoms with E-state index in [1.165, 1.54) is 22.8 Å². The number of rotatable bonds is 5. The molecule has 1 amide bonds. The van der Waals surface area contributed by atoms with Gasteiger partial charge in [-0.05, 0) is 62.6 Å². The van der Waals surface area contributed by atoms with Crippen molar-refractivity contribution in [2.24, 2.45) is 0 Å². The maximum atomic E-state index is 13.3. The number of nitrogens with zero attached hydrogens (tertiary/aromatic N) is 2. The van der Waals surface area contributed by atoms with E-state index >= 15 is 0 Å². The number of nitrogens with one attached hydrogen (secondary N) is 1. The summed E-state index contributed by atoms with van der Waals surface area (Å²) in [4.78, 5) is 30.0. The van der Waals surface area contributed by atoms with Crippen LogP contribution in [-0.4, -0.2) is 15.5 Å². The molecule has 0 atom stereocenters. The third-order valence-electron chi connectivity index (χ3n) is 4.77. The Hall–Kier alpha value is -3.28. The zero-order valence-corrected chi connectivity index (χ0v) is 17.0. The van der Waals surface area contributed by atoms with Crippen LogP contribution in [0.1, 0.15) is 29.3 Å². The number of halogens is 1. The Morgan fingerprint density at radius 2 is 1.69 bits per heavy atom. The maximum Gasteiger partial charge on any atom is 0.254 e. The predicted octanol–water partition coefficient (Wildman–Crippen LogP) is 4.18. The van der Waals surface area contributed by atoms with Gasteiger partial charge in [-0.25, -0.2) is 9.37 Å². The van der Waals surface area contributed by atoms with Crippen molar-refractivity contribution >= 4 is 11.6 Å². The third kappa shape index (κ3) is 4.59. The second-order valence-corrected chi connectivity index (χ2v) is 7.18. The smallest absolute Gasteiger partial charge is 0.254 e. The molecule has 1 N–H and O–H groups in total. The van der Waals surface area contributed by atoms with E-state index in [2.05, 4.69) is 10.3 Å². The molecule has 0 aliphatic rings. The van der Waals surface area contributed by atoms with Crippen molar-refractivity contribution in [2.45, 2.75) is 40.7 Å². The number of amides is 1. The first-order valence-corrected chi connectivity index (χ1v) is 9.53. The van der Waals surface area contributed by atoms with E-state index in [0.29, 0.717) is 23.5 Å². The van der Waals surface area contributed by atoms with E-state index in [4.69, 9.17) is 0 Å². The summed E-state index contributed by atoms with van der Waals surface area (Å²) in [5.41, 5.74) is 4.67. The van der Waals surface area contributed by atoms with Gasteiger partial charge in [0.25, 0.3) is 5.56 Å². The lowest BCUT2D eigenvalue weighted by Crippen LogP contribution is -2.30. The molecule has 0 spiro atoms. The Kier molecular flexibility index (Phi) is 5.92. The van der Waals surface area contributed by atoms with Crippen LogP contribution < -0.4 is 10.9 Å². The van der Waals surface area contributed by atoms with E-state index in [-0.39, 0.29) is 23.8 Å². The first-order valence-electron chi connectivity index (χ1n) is 9.53. The topological polar surface area (TPSA) is 64.0 Å². The van der Waals surface area contributed by atoms with Gasteiger partial charge >= 0.3 is 0 Å². The van der Waals surface area contributed by atoms with Gasteiger partial charge in [-0.15, -0.1) is 0 Å². The van der Waals surface area contributed by atoms with Gasteiger partial charge in [0.15, 0.2) is 0 Å². The van der Waals surface area contributed by atoms with Crippen LogP contribution in [0.25, 0.3) is 11.4 Å². The lowest BCUT2D eigenvalue weighted by molar-refractivity contribution is -0.116. The monoisotopic (exact) mass is 393 g/mol. The molecule has 6 heteroatoms. The fraction of sp³-hybridized carbons (Fsp3) is 0.261. The van der Waals surface area contributed by atoms with Gasteiger partial charge in [0, 0.05) is 23.0 Å². The number of carbonyl (C=O) groups is 1. The Morgan fingerprint density at radius 3 is 2.28 bits per heavy atom. The van der Waals surface area contributed by atoms with Gasteiger partial charge in [0.05, 0.1) is 0 Å². The standard InChI is InChI=1S/C23H24FN3O2/c1-5-19-12-21(29)27(23(25-19)17-6-8-18(24)9-7-17)13-20(28)26-22-15(3)10-14(2)11-16(22)4/h6-12H,5,13H2,1-4H3,(H,26,28). The SMILES string of the molecule is CCc1cc(=O)n(CC(=O)Nc2c(C)cc(C)cc2C)c(-c2ccc(F)cc2)n1. The molecular weight excluding hydrogens is 369 g/mol. The van der Waals surface area contributed by atoms with Gasteiger partial charge in [0.1, 0.15) is 18.2 Å². The summed E-state index contributed by atoms with van der Waals surface area (Å²) in [7, 11) is 0. The van der Waals surface area contributed by atoms with Gasteiger partial charge in [-0.2, -0.15) is 0 Å². The fourth-order valence-corrected chi connectivity index (χ4v) is 3.41. The molecule has 0 aliphatic carbocycles. The molecule has 0 radical (unpaired) electrons. The summed E-state index contributed by atoms with van der Waals surface area (Å²) in [6.07, 6.45) is 0.582. The summed E-state index contributed by atoms with van der Waals surface area (Å²) in [5, 5.41) is 2.91. The van der Waals surface area contributed by atoms with Crippen molar-refractivity contribution in [3.8, 4) is 11.4 Å². The second-order valence-electron chi connectivity index (χ2n) is 7.18. The molecule has 0 bridgehead atoms. The van der Waals surface area contributed by atoms with Gasteiger partial charge in [-0.3, -0.25) is 14.2 Å². The number of hydrogen-bond donors (Lipinski definition) is 1. The molecule has 3 rings (SSSR count). The van der Waals surface area contributed by atoms with Crippen LogP contribution >= 0.6 is 0 Å². The Balaban J connectivity index is 1.97. The summed E-state index contributed by atoms with van der Waals surface area (Å²) < 4.78 is 14.7. The van der Waals surface area contributed by atoms with Gasteiger partial charge in [-0.1, -0.05) is 24.6 Å². The van der Waals surface area contributed by atoms with Crippen LogP contribution in [0.15, 0.2) is 47.3 Å². The minimum Gasteiger partial charge on any atom is -0.324 e. The lowest BCUT2D eigenvalue weighted by Gasteiger charge is -2.16. The summed E-state index contributed by atoms with van der Waals surface area (Å²) in [6, 6.07) is 11.2. The molecule has 3 aromatic rings. The maximum absolute atomic E-state index is 13.3. The fourth-order valence-electron chi connectivity index (χ4n) is 3.41. The highest BCUT2D eigenvalue weighted by Crippen LogP contribution is 2.22. The van der Waals surface area contributed by atoms with E-state index < -0.39 is 0 Å². The van der Waals surface area contributed by atoms with Crippen LogP contribution in [0, 0.1) is 26.6 Å². The molecule has 150 valence electrons. The molecule has 0 saturated carbocycles. The zero-order valence-electron chi connectivity index (χ0n) is 17.0. The average Bonchev–Trinajstić information content (AvgIpc) is 2.66. The summed E-state index contributed by atoms with van der Waals surface area (Å²) in [6.45, 7) is 7.58.